The van der Waals surface area contributed by atoms with Gasteiger partial charge in [-0.1, -0.05) is 19.9 Å². The number of amides is 1. The molecule has 0 bridgehead atoms. The predicted octanol–water partition coefficient (Wildman–Crippen LogP) is 0.413. The van der Waals surface area contributed by atoms with Crippen LogP contribution >= 0.6 is 0 Å². The van der Waals surface area contributed by atoms with Crippen molar-refractivity contribution in [2.24, 2.45) is 11.7 Å². The first-order valence-corrected chi connectivity index (χ1v) is 5.30. The second kappa shape index (κ2) is 7.43. The molecule has 4 N–H and O–H groups in total. The van der Waals surface area contributed by atoms with Gasteiger partial charge in [0.1, 0.15) is 0 Å². The van der Waals surface area contributed by atoms with Crippen LogP contribution in [0.4, 0.5) is 0 Å². The van der Waals surface area contributed by atoms with Gasteiger partial charge < -0.3 is 16.2 Å². The Hall–Kier alpha value is -0.870. The lowest BCUT2D eigenvalue weighted by Crippen LogP contribution is -2.47. The fraction of sp³-hybridized carbons (Fsp3) is 0.727. The van der Waals surface area contributed by atoms with Gasteiger partial charge in [0, 0.05) is 12.6 Å². The van der Waals surface area contributed by atoms with Crippen LogP contribution in [0, 0.1) is 5.92 Å². The summed E-state index contributed by atoms with van der Waals surface area (Å²) in [5, 5.41) is 11.7. The first kappa shape index (κ1) is 14.1. The maximum absolute atomic E-state index is 11.6. The first-order valence-electron chi connectivity index (χ1n) is 5.30. The molecule has 0 radical (unpaired) electrons. The summed E-state index contributed by atoms with van der Waals surface area (Å²) in [6, 6.07) is -0.555. The summed E-state index contributed by atoms with van der Waals surface area (Å²) in [4.78, 5) is 11.6. The van der Waals surface area contributed by atoms with Crippen molar-refractivity contribution in [1.29, 1.82) is 0 Å². The Labute approximate surface area is 91.5 Å². The third kappa shape index (κ3) is 5.54. The third-order valence-electron chi connectivity index (χ3n) is 2.33. The van der Waals surface area contributed by atoms with Gasteiger partial charge in [-0.3, -0.25) is 4.79 Å². The van der Waals surface area contributed by atoms with Crippen LogP contribution in [0.5, 0.6) is 0 Å². The maximum Gasteiger partial charge on any atom is 0.237 e. The molecular weight excluding hydrogens is 192 g/mol. The van der Waals surface area contributed by atoms with Gasteiger partial charge in [0.05, 0.1) is 6.04 Å². The van der Waals surface area contributed by atoms with Gasteiger partial charge in [0.15, 0.2) is 0 Å². The van der Waals surface area contributed by atoms with E-state index in [1.54, 1.807) is 6.08 Å². The number of carbonyl (C=O) groups is 1. The van der Waals surface area contributed by atoms with Crippen LogP contribution in [-0.2, 0) is 4.79 Å². The molecule has 2 atom stereocenters. The Morgan fingerprint density at radius 3 is 2.60 bits per heavy atom. The molecule has 0 aliphatic heterocycles. The van der Waals surface area contributed by atoms with Crippen LogP contribution < -0.4 is 11.1 Å². The van der Waals surface area contributed by atoms with Crippen LogP contribution in [0.2, 0.25) is 0 Å². The largest absolute Gasteiger partial charge is 0.396 e. The minimum Gasteiger partial charge on any atom is -0.396 e. The Morgan fingerprint density at radius 2 is 2.20 bits per heavy atom. The number of nitrogens with two attached hydrogens (primary N) is 1. The normalized spacial score (nSPS) is 14.7. The second-order valence-corrected chi connectivity index (χ2v) is 4.00. The highest BCUT2D eigenvalue weighted by Crippen LogP contribution is 2.06. The Morgan fingerprint density at radius 1 is 1.60 bits per heavy atom. The van der Waals surface area contributed by atoms with E-state index in [0.29, 0.717) is 12.8 Å². The van der Waals surface area contributed by atoms with Crippen molar-refractivity contribution in [2.45, 2.75) is 38.8 Å². The van der Waals surface area contributed by atoms with E-state index >= 15 is 0 Å². The van der Waals surface area contributed by atoms with Crippen LogP contribution in [0.1, 0.15) is 26.7 Å². The van der Waals surface area contributed by atoms with Gasteiger partial charge in [-0.15, -0.1) is 6.58 Å². The molecule has 0 heterocycles. The Balaban J connectivity index is 4.15. The maximum atomic E-state index is 11.6. The van der Waals surface area contributed by atoms with Crippen molar-refractivity contribution in [3.63, 3.8) is 0 Å². The van der Waals surface area contributed by atoms with E-state index in [9.17, 15) is 4.79 Å². The molecule has 0 aromatic rings. The SMILES string of the molecule is C=CCC(N)C(=O)NC(CCO)C(C)C. The van der Waals surface area contributed by atoms with Gasteiger partial charge in [-0.2, -0.15) is 0 Å². The van der Waals surface area contributed by atoms with Crippen molar-refractivity contribution < 1.29 is 9.90 Å². The molecule has 0 fully saturated rings. The molecule has 1 amide bonds. The number of aliphatic hydroxyl groups is 1. The lowest BCUT2D eigenvalue weighted by molar-refractivity contribution is -0.123. The predicted molar refractivity (Wildman–Crippen MR) is 61.3 cm³/mol. The van der Waals surface area contributed by atoms with Crippen LogP contribution in [0.15, 0.2) is 12.7 Å². The molecule has 88 valence electrons. The van der Waals surface area contributed by atoms with Crippen LogP contribution in [0.25, 0.3) is 0 Å². The van der Waals surface area contributed by atoms with Crippen molar-refractivity contribution in [1.82, 2.24) is 5.32 Å². The average molecular weight is 214 g/mol. The number of hydrogen-bond donors (Lipinski definition) is 3. The number of carbonyl (C=O) groups excluding carboxylic acids is 1. The first-order chi connectivity index (χ1) is 7.02. The van der Waals surface area contributed by atoms with E-state index in [4.69, 9.17) is 10.8 Å². The van der Waals surface area contributed by atoms with Gasteiger partial charge >= 0.3 is 0 Å². The zero-order chi connectivity index (χ0) is 11.8. The van der Waals surface area contributed by atoms with E-state index < -0.39 is 6.04 Å². The Kier molecular flexibility index (Phi) is 6.99. The molecule has 4 heteroatoms. The molecule has 0 saturated carbocycles. The molecule has 0 rings (SSSR count). The van der Waals surface area contributed by atoms with E-state index in [1.165, 1.54) is 0 Å². The molecule has 15 heavy (non-hydrogen) atoms. The minimum atomic E-state index is -0.539. The molecule has 0 aromatic carbocycles. The summed E-state index contributed by atoms with van der Waals surface area (Å²) in [6.07, 6.45) is 2.65. The standard InChI is InChI=1S/C11H22N2O2/c1-4-5-9(12)11(15)13-10(6-7-14)8(2)3/h4,8-10,14H,1,5-7,12H2,2-3H3,(H,13,15). The fourth-order valence-electron chi connectivity index (χ4n) is 1.29. The summed E-state index contributed by atoms with van der Waals surface area (Å²) in [6.45, 7) is 7.60. The average Bonchev–Trinajstić information content (AvgIpc) is 2.17. The second-order valence-electron chi connectivity index (χ2n) is 4.00. The third-order valence-corrected chi connectivity index (χ3v) is 2.33. The van der Waals surface area contributed by atoms with Gasteiger partial charge in [-0.05, 0) is 18.8 Å². The minimum absolute atomic E-state index is 0.0154. The van der Waals surface area contributed by atoms with E-state index in [0.717, 1.165) is 0 Å². The van der Waals surface area contributed by atoms with Crippen molar-refractivity contribution in [2.75, 3.05) is 6.61 Å². The summed E-state index contributed by atoms with van der Waals surface area (Å²) < 4.78 is 0. The lowest BCUT2D eigenvalue weighted by Gasteiger charge is -2.23. The fourth-order valence-corrected chi connectivity index (χ4v) is 1.29. The summed E-state index contributed by atoms with van der Waals surface area (Å²) in [5.74, 6) is 0.110. The monoisotopic (exact) mass is 214 g/mol. The molecule has 0 saturated heterocycles. The van der Waals surface area contributed by atoms with Crippen molar-refractivity contribution in [3.05, 3.63) is 12.7 Å². The Bertz CT molecular complexity index is 205. The number of aliphatic hydroxyl groups excluding tert-OH is 1. The van der Waals surface area contributed by atoms with Crippen LogP contribution in [0.3, 0.4) is 0 Å². The van der Waals surface area contributed by atoms with Gasteiger partial charge in [-0.25, -0.2) is 0 Å². The smallest absolute Gasteiger partial charge is 0.237 e. The van der Waals surface area contributed by atoms with E-state index in [-0.39, 0.29) is 24.5 Å². The summed E-state index contributed by atoms with van der Waals surface area (Å²) in [7, 11) is 0. The highest BCUT2D eigenvalue weighted by Gasteiger charge is 2.18. The lowest BCUT2D eigenvalue weighted by atomic mass is 10.0. The number of nitrogens with one attached hydrogen (secondary N) is 1. The molecule has 4 nitrogen and oxygen atoms in total. The zero-order valence-corrected chi connectivity index (χ0v) is 9.57. The quantitative estimate of drug-likeness (QED) is 0.537. The summed E-state index contributed by atoms with van der Waals surface area (Å²) in [5.41, 5.74) is 5.63. The molecular formula is C11H22N2O2. The van der Waals surface area contributed by atoms with Crippen molar-refractivity contribution >= 4 is 5.91 Å². The van der Waals surface area contributed by atoms with E-state index in [2.05, 4.69) is 11.9 Å². The highest BCUT2D eigenvalue weighted by atomic mass is 16.3. The number of rotatable bonds is 7. The van der Waals surface area contributed by atoms with Gasteiger partial charge in [0.2, 0.25) is 5.91 Å². The van der Waals surface area contributed by atoms with Crippen LogP contribution in [-0.4, -0.2) is 29.7 Å². The molecule has 0 spiro atoms. The van der Waals surface area contributed by atoms with Crippen molar-refractivity contribution in [3.8, 4) is 0 Å². The van der Waals surface area contributed by atoms with Gasteiger partial charge in [0.25, 0.3) is 0 Å². The number of hydrogen-bond acceptors (Lipinski definition) is 3. The zero-order valence-electron chi connectivity index (χ0n) is 9.57. The van der Waals surface area contributed by atoms with E-state index in [1.807, 2.05) is 13.8 Å². The highest BCUT2D eigenvalue weighted by molar-refractivity contribution is 5.81. The molecule has 0 aromatic heterocycles. The topological polar surface area (TPSA) is 75.4 Å². The summed E-state index contributed by atoms with van der Waals surface area (Å²) >= 11 is 0. The molecule has 0 aliphatic carbocycles. The molecule has 0 aliphatic rings. The molecule has 2 unspecified atom stereocenters.